The molecule has 1 aromatic rings. The van der Waals surface area contributed by atoms with Crippen molar-refractivity contribution in [2.24, 2.45) is 17.3 Å². The van der Waals surface area contributed by atoms with Crippen molar-refractivity contribution in [3.63, 3.8) is 0 Å². The van der Waals surface area contributed by atoms with E-state index in [2.05, 4.69) is 25.9 Å². The fraction of sp³-hybridized carbons (Fsp3) is 0.821. The van der Waals surface area contributed by atoms with Crippen LogP contribution in [0.15, 0.2) is 4.52 Å². The Kier molecular flexibility index (Phi) is 8.16. The van der Waals surface area contributed by atoms with Gasteiger partial charge in [-0.05, 0) is 81.0 Å². The summed E-state index contributed by atoms with van der Waals surface area (Å²) < 4.78 is 11.4. The Balaban J connectivity index is 1.43. The van der Waals surface area contributed by atoms with Gasteiger partial charge in [0.1, 0.15) is 11.5 Å². The monoisotopic (exact) mass is 473 g/mol. The van der Waals surface area contributed by atoms with Crippen molar-refractivity contribution in [2.45, 2.75) is 116 Å². The molecule has 2 saturated carbocycles. The fourth-order valence-electron chi connectivity index (χ4n) is 6.09. The van der Waals surface area contributed by atoms with E-state index in [9.17, 15) is 14.7 Å². The average Bonchev–Trinajstić information content (AvgIpc) is 3.50. The minimum absolute atomic E-state index is 0.0568. The first-order chi connectivity index (χ1) is 16.2. The van der Waals surface area contributed by atoms with E-state index < -0.39 is 5.97 Å². The topological polar surface area (TPSA) is 89.6 Å². The number of carbonyl (C=O) groups excluding carboxylic acids is 1. The van der Waals surface area contributed by atoms with Gasteiger partial charge in [0, 0.05) is 49.9 Å². The maximum Gasteiger partial charge on any atom is 0.303 e. The summed E-state index contributed by atoms with van der Waals surface area (Å²) in [5.74, 6) is 2.49. The number of hydrogen-bond donors (Lipinski definition) is 1. The highest BCUT2D eigenvalue weighted by Crippen LogP contribution is 2.53. The second-order valence-corrected chi connectivity index (χ2v) is 12.4. The lowest BCUT2D eigenvalue weighted by Crippen LogP contribution is -2.26. The van der Waals surface area contributed by atoms with Crippen molar-refractivity contribution >= 4 is 11.8 Å². The summed E-state index contributed by atoms with van der Waals surface area (Å²) in [7, 11) is 0. The molecule has 6 nitrogen and oxygen atoms in total. The van der Waals surface area contributed by atoms with Crippen LogP contribution in [0.5, 0.6) is 0 Å². The molecule has 1 N–H and O–H groups in total. The first kappa shape index (κ1) is 25.4. The molecule has 34 heavy (non-hydrogen) atoms. The van der Waals surface area contributed by atoms with E-state index in [4.69, 9.17) is 9.26 Å². The summed E-state index contributed by atoms with van der Waals surface area (Å²) >= 11 is 0. The Morgan fingerprint density at radius 2 is 1.74 bits per heavy atom. The smallest absolute Gasteiger partial charge is 0.303 e. The summed E-state index contributed by atoms with van der Waals surface area (Å²) in [6.07, 6.45) is 10.2. The highest BCUT2D eigenvalue weighted by Gasteiger charge is 2.42. The van der Waals surface area contributed by atoms with E-state index in [0.717, 1.165) is 75.5 Å². The van der Waals surface area contributed by atoms with E-state index in [0.29, 0.717) is 42.4 Å². The van der Waals surface area contributed by atoms with Crippen LogP contribution in [0, 0.1) is 17.3 Å². The number of ether oxygens (including phenoxy) is 1. The molecule has 2 aliphatic carbocycles. The van der Waals surface area contributed by atoms with Gasteiger partial charge in [-0.25, -0.2) is 0 Å². The first-order valence-corrected chi connectivity index (χ1v) is 13.5. The number of Topliss-reactive ketones (excluding diaryl/α,β-unsaturated/α-hetero) is 1. The van der Waals surface area contributed by atoms with Gasteiger partial charge >= 0.3 is 5.97 Å². The van der Waals surface area contributed by atoms with Crippen molar-refractivity contribution in [1.82, 2.24) is 5.16 Å². The third-order valence-corrected chi connectivity index (χ3v) is 8.02. The molecule has 0 bridgehead atoms. The fourth-order valence-corrected chi connectivity index (χ4v) is 6.09. The Labute approximate surface area is 204 Å². The molecule has 190 valence electrons. The number of carbonyl (C=O) groups is 2. The van der Waals surface area contributed by atoms with Crippen molar-refractivity contribution in [2.75, 3.05) is 13.2 Å². The number of rotatable bonds is 12. The molecule has 3 fully saturated rings. The van der Waals surface area contributed by atoms with Crippen LogP contribution >= 0.6 is 0 Å². The number of nitrogens with zero attached hydrogens (tertiary/aromatic N) is 1. The molecule has 6 heteroatoms. The normalized spacial score (nSPS) is 24.6. The minimum atomic E-state index is -0.819. The van der Waals surface area contributed by atoms with E-state index in [1.807, 2.05) is 0 Å². The molecule has 0 aromatic carbocycles. The number of aliphatic carboxylic acids is 1. The summed E-state index contributed by atoms with van der Waals surface area (Å²) in [4.78, 5) is 24.3. The SMILES string of the molecule is CC(C)(C)CC1CC(c2onc([C@@H](CCC(=O)O)CC(=O)CCC3CCOCC3)c2C2CC2)C1. The summed E-state index contributed by atoms with van der Waals surface area (Å²) in [6.45, 7) is 8.49. The Hall–Kier alpha value is -1.69. The van der Waals surface area contributed by atoms with Gasteiger partial charge in [-0.1, -0.05) is 25.9 Å². The third-order valence-electron chi connectivity index (χ3n) is 8.02. The van der Waals surface area contributed by atoms with Crippen LogP contribution in [0.4, 0.5) is 0 Å². The van der Waals surface area contributed by atoms with Gasteiger partial charge in [0.25, 0.3) is 0 Å². The molecule has 4 rings (SSSR count). The van der Waals surface area contributed by atoms with Gasteiger partial charge < -0.3 is 14.4 Å². The lowest BCUT2D eigenvalue weighted by Gasteiger charge is -2.38. The van der Waals surface area contributed by atoms with Crippen molar-refractivity contribution in [1.29, 1.82) is 0 Å². The molecular formula is C28H43NO5. The lowest BCUT2D eigenvalue weighted by molar-refractivity contribution is -0.137. The Morgan fingerprint density at radius 3 is 2.35 bits per heavy atom. The number of carboxylic acid groups (broad SMARTS) is 1. The molecule has 1 atom stereocenters. The molecule has 1 saturated heterocycles. The highest BCUT2D eigenvalue weighted by molar-refractivity contribution is 5.79. The van der Waals surface area contributed by atoms with E-state index in [1.165, 1.54) is 12.0 Å². The van der Waals surface area contributed by atoms with Crippen LogP contribution in [0.2, 0.25) is 0 Å². The molecule has 0 radical (unpaired) electrons. The number of hydrogen-bond acceptors (Lipinski definition) is 5. The predicted octanol–water partition coefficient (Wildman–Crippen LogP) is 6.60. The zero-order valence-corrected chi connectivity index (χ0v) is 21.3. The van der Waals surface area contributed by atoms with Crippen LogP contribution in [0.3, 0.4) is 0 Å². The van der Waals surface area contributed by atoms with Crippen LogP contribution < -0.4 is 0 Å². The molecule has 2 heterocycles. The quantitative estimate of drug-likeness (QED) is 0.368. The van der Waals surface area contributed by atoms with Crippen molar-refractivity contribution in [3.8, 4) is 0 Å². The molecule has 0 spiro atoms. The lowest BCUT2D eigenvalue weighted by atomic mass is 9.66. The standard InChI is InChI=1S/C28H43NO5/c1-28(2,3)17-19-14-22(15-19)27-25(20-5-6-20)26(29-34-27)21(7-9-24(31)32)16-23(30)8-4-18-10-12-33-13-11-18/h18-22H,4-17H2,1-3H3,(H,31,32)/t19?,21-,22?/m0/s1. The van der Waals surface area contributed by atoms with Gasteiger partial charge in [0.05, 0.1) is 5.69 Å². The van der Waals surface area contributed by atoms with Gasteiger partial charge in [0.15, 0.2) is 0 Å². The Morgan fingerprint density at radius 1 is 1.03 bits per heavy atom. The number of ketones is 1. The second-order valence-electron chi connectivity index (χ2n) is 12.4. The average molecular weight is 474 g/mol. The number of aromatic nitrogens is 1. The summed E-state index contributed by atoms with van der Waals surface area (Å²) in [6, 6.07) is 0. The third kappa shape index (κ3) is 6.93. The molecule has 1 aromatic heterocycles. The second kappa shape index (κ2) is 10.9. The van der Waals surface area contributed by atoms with Crippen LogP contribution in [-0.2, 0) is 14.3 Å². The van der Waals surface area contributed by atoms with Gasteiger partial charge in [-0.15, -0.1) is 0 Å². The van der Waals surface area contributed by atoms with E-state index in [1.54, 1.807) is 0 Å². The zero-order valence-electron chi connectivity index (χ0n) is 21.3. The van der Waals surface area contributed by atoms with E-state index in [-0.39, 0.29) is 18.1 Å². The van der Waals surface area contributed by atoms with Crippen LogP contribution in [0.25, 0.3) is 0 Å². The van der Waals surface area contributed by atoms with Crippen molar-refractivity contribution in [3.05, 3.63) is 17.0 Å². The van der Waals surface area contributed by atoms with Gasteiger partial charge in [-0.2, -0.15) is 0 Å². The molecule has 0 unspecified atom stereocenters. The highest BCUT2D eigenvalue weighted by atomic mass is 16.5. The molecular weight excluding hydrogens is 430 g/mol. The van der Waals surface area contributed by atoms with Crippen molar-refractivity contribution < 1.29 is 24.0 Å². The summed E-state index contributed by atoms with van der Waals surface area (Å²) in [5, 5.41) is 13.9. The zero-order chi connectivity index (χ0) is 24.3. The van der Waals surface area contributed by atoms with E-state index >= 15 is 0 Å². The maximum atomic E-state index is 13.0. The molecule has 1 aliphatic heterocycles. The largest absolute Gasteiger partial charge is 0.481 e. The summed E-state index contributed by atoms with van der Waals surface area (Å²) in [5.41, 5.74) is 2.46. The number of carboxylic acids is 1. The Bertz CT molecular complexity index is 837. The maximum absolute atomic E-state index is 13.0. The van der Waals surface area contributed by atoms with Gasteiger partial charge in [0.2, 0.25) is 0 Å². The van der Waals surface area contributed by atoms with Crippen LogP contribution in [0.1, 0.15) is 133 Å². The minimum Gasteiger partial charge on any atom is -0.481 e. The first-order valence-electron chi connectivity index (χ1n) is 13.5. The molecule has 0 amide bonds. The molecule has 3 aliphatic rings. The van der Waals surface area contributed by atoms with Gasteiger partial charge in [-0.3, -0.25) is 9.59 Å². The predicted molar refractivity (Wildman–Crippen MR) is 130 cm³/mol. The van der Waals surface area contributed by atoms with Crippen LogP contribution in [-0.4, -0.2) is 35.2 Å².